The van der Waals surface area contributed by atoms with Crippen molar-refractivity contribution in [3.8, 4) is 0 Å². The predicted molar refractivity (Wildman–Crippen MR) is 255 cm³/mol. The van der Waals surface area contributed by atoms with Crippen LogP contribution in [0.3, 0.4) is 0 Å². The maximum Gasteiger partial charge on any atom is 0.274 e. The number of nitrogens with two attached hydrogens (primary N) is 5. The van der Waals surface area contributed by atoms with Crippen molar-refractivity contribution in [2.24, 2.45) is 38.7 Å². The van der Waals surface area contributed by atoms with E-state index in [4.69, 9.17) is 28.7 Å². The summed E-state index contributed by atoms with van der Waals surface area (Å²) in [6.45, 7) is 15.3. The first-order chi connectivity index (χ1) is 29.2. The maximum absolute atomic E-state index is 14.1. The van der Waals surface area contributed by atoms with Crippen LogP contribution in [0.25, 0.3) is 0 Å². The second-order valence-corrected chi connectivity index (χ2v) is 18.8. The third-order valence-electron chi connectivity index (χ3n) is 9.22. The molecule has 2 aromatic carbocycles. The molecule has 14 N–H and O–H groups in total. The molecular weight excluding hydrogens is 827 g/mol. The van der Waals surface area contributed by atoms with E-state index < -0.39 is 11.8 Å². The Morgan fingerprint density at radius 2 is 0.984 bits per heavy atom. The van der Waals surface area contributed by atoms with Crippen LogP contribution in [0.5, 0.6) is 0 Å². The van der Waals surface area contributed by atoms with E-state index in [1.807, 2.05) is 65.8 Å². The molecule has 0 aliphatic heterocycles. The molecule has 3 aromatic rings. The van der Waals surface area contributed by atoms with E-state index in [2.05, 4.69) is 48.1 Å². The van der Waals surface area contributed by atoms with Gasteiger partial charge in [-0.15, -0.1) is 23.5 Å². The van der Waals surface area contributed by atoms with Crippen molar-refractivity contribution in [3.63, 3.8) is 0 Å². The highest BCUT2D eigenvalue weighted by molar-refractivity contribution is 7.99. The fraction of sp³-hybridized carbons (Fsp3) is 0.488. The first kappa shape index (κ1) is 51.0. The second-order valence-electron chi connectivity index (χ2n) is 16.6. The first-order valence-electron chi connectivity index (χ1n) is 20.7. The van der Waals surface area contributed by atoms with Crippen LogP contribution in [0.2, 0.25) is 0 Å². The van der Waals surface area contributed by atoms with Crippen LogP contribution >= 0.6 is 23.5 Å². The van der Waals surface area contributed by atoms with E-state index in [-0.39, 0.29) is 58.9 Å². The van der Waals surface area contributed by atoms with Gasteiger partial charge in [-0.3, -0.25) is 29.2 Å². The number of rotatable bonds is 22. The number of hydrogen-bond donors (Lipinski definition) is 9. The van der Waals surface area contributed by atoms with Gasteiger partial charge in [0.2, 0.25) is 11.8 Å². The molecule has 0 atom stereocenters. The molecule has 19 heteroatoms. The van der Waals surface area contributed by atoms with Gasteiger partial charge in [-0.05, 0) is 72.0 Å². The van der Waals surface area contributed by atoms with E-state index in [0.29, 0.717) is 76.4 Å². The van der Waals surface area contributed by atoms with E-state index in [9.17, 15) is 19.2 Å². The fourth-order valence-corrected chi connectivity index (χ4v) is 7.66. The van der Waals surface area contributed by atoms with Crippen LogP contribution < -0.4 is 49.9 Å². The zero-order valence-electron chi connectivity index (χ0n) is 37.1. The summed E-state index contributed by atoms with van der Waals surface area (Å²) in [5.41, 5.74) is 30.7. The summed E-state index contributed by atoms with van der Waals surface area (Å²) in [5, 5.41) is 12.1. The van der Waals surface area contributed by atoms with Gasteiger partial charge in [-0.25, -0.2) is 9.97 Å². The molecule has 0 aliphatic rings. The van der Waals surface area contributed by atoms with E-state index in [1.54, 1.807) is 0 Å². The van der Waals surface area contributed by atoms with Crippen molar-refractivity contribution < 1.29 is 19.2 Å². The lowest BCUT2D eigenvalue weighted by molar-refractivity contribution is -0.117. The lowest BCUT2D eigenvalue weighted by Gasteiger charge is -2.24. The Bertz CT molecular complexity index is 1950. The molecule has 0 radical (unpaired) electrons. The molecule has 338 valence electrons. The van der Waals surface area contributed by atoms with Crippen molar-refractivity contribution in [1.29, 1.82) is 0 Å². The molecule has 0 aliphatic carbocycles. The van der Waals surface area contributed by atoms with Crippen LogP contribution in [0.1, 0.15) is 126 Å². The number of carbonyl (C=O) groups excluding carboxylic acids is 4. The molecule has 17 nitrogen and oxygen atoms in total. The zero-order chi connectivity index (χ0) is 46.0. The number of unbranched alkanes of at least 4 members (excludes halogenated alkanes) is 3. The van der Waals surface area contributed by atoms with Crippen LogP contribution in [-0.2, 0) is 20.4 Å². The van der Waals surface area contributed by atoms with E-state index in [1.165, 1.54) is 29.6 Å². The second kappa shape index (κ2) is 24.3. The molecule has 4 amide bonds. The van der Waals surface area contributed by atoms with Gasteiger partial charge in [0.05, 0.1) is 45.6 Å². The molecule has 0 spiro atoms. The number of carbonyl (C=O) groups is 4. The normalized spacial score (nSPS) is 11.4. The number of guanidine groups is 2. The van der Waals surface area contributed by atoms with Crippen molar-refractivity contribution in [2.45, 2.75) is 114 Å². The molecule has 1 aromatic heterocycles. The highest BCUT2D eigenvalue weighted by atomic mass is 32.2. The molecule has 0 bridgehead atoms. The maximum atomic E-state index is 14.1. The Hall–Kier alpha value is -5.40. The summed E-state index contributed by atoms with van der Waals surface area (Å²) in [5.74, 6) is -0.777. The van der Waals surface area contributed by atoms with Gasteiger partial charge >= 0.3 is 0 Å². The third kappa shape index (κ3) is 16.8. The number of benzene rings is 2. The minimum atomic E-state index is -0.613. The summed E-state index contributed by atoms with van der Waals surface area (Å²) < 4.78 is 0. The summed E-state index contributed by atoms with van der Waals surface area (Å²) in [4.78, 5) is 72.2. The molecule has 0 fully saturated rings. The standard InChI is InChI=1S/C43H65N13O4S2/c1-8-9-10-13-34(57)53-28-20-26(42(2,3)4)22-30(36(28)61-18-16-49-40(45)46)55-38(59)32-24-33(52-25-51-32)39(60)56-31-23-27(43(5,6)7)21-29(54-35(58)14-11-12-15-44)37(31)62-19-17-50-41(47)48/h20-25H,8-19,44H2,1-7H3,(H,53,57)(H,54,58)(H,55,59)(H,56,60)(H4,45,46,49)(H4,47,48,50). The van der Waals surface area contributed by atoms with Gasteiger partial charge in [-0.2, -0.15) is 0 Å². The summed E-state index contributed by atoms with van der Waals surface area (Å²) in [7, 11) is 0. The van der Waals surface area contributed by atoms with Gasteiger partial charge in [0.1, 0.15) is 17.7 Å². The molecule has 62 heavy (non-hydrogen) atoms. The Morgan fingerprint density at radius 1 is 0.597 bits per heavy atom. The van der Waals surface area contributed by atoms with Crippen molar-refractivity contribution in [1.82, 2.24) is 9.97 Å². The Morgan fingerprint density at radius 3 is 1.34 bits per heavy atom. The van der Waals surface area contributed by atoms with Gasteiger partial charge in [0.15, 0.2) is 11.9 Å². The van der Waals surface area contributed by atoms with Crippen LogP contribution in [0.4, 0.5) is 22.7 Å². The largest absolute Gasteiger partial charge is 0.370 e. The summed E-state index contributed by atoms with van der Waals surface area (Å²) in [6, 6.07) is 8.85. The Labute approximate surface area is 373 Å². The monoisotopic (exact) mass is 891 g/mol. The number of thioether (sulfide) groups is 2. The molecule has 1 heterocycles. The smallest absolute Gasteiger partial charge is 0.274 e. The first-order valence-corrected chi connectivity index (χ1v) is 22.7. The van der Waals surface area contributed by atoms with Gasteiger partial charge in [-0.1, -0.05) is 61.3 Å². The lowest BCUT2D eigenvalue weighted by Crippen LogP contribution is -2.23. The average molecular weight is 892 g/mol. The quantitative estimate of drug-likeness (QED) is 0.0246. The fourth-order valence-electron chi connectivity index (χ4n) is 5.82. The van der Waals surface area contributed by atoms with Crippen LogP contribution in [0.15, 0.2) is 56.4 Å². The number of aromatic nitrogens is 2. The highest BCUT2D eigenvalue weighted by Crippen LogP contribution is 2.41. The number of anilines is 4. The minimum absolute atomic E-state index is 0.0451. The highest BCUT2D eigenvalue weighted by Gasteiger charge is 2.25. The van der Waals surface area contributed by atoms with Crippen molar-refractivity contribution in [2.75, 3.05) is 52.4 Å². The Balaban J connectivity index is 2.05. The SMILES string of the molecule is CCCCCC(=O)Nc1cc(C(C)(C)C)cc(NC(=O)c2cc(C(=O)Nc3cc(C(C)(C)C)cc(NC(=O)CCCCN)c3SCCN=C(N)N)ncn2)c1SCCN=C(N)N. The number of nitrogens with zero attached hydrogens (tertiary/aromatic N) is 4. The van der Waals surface area contributed by atoms with E-state index in [0.717, 1.165) is 36.7 Å². The molecular formula is C43H65N13O4S2. The number of amides is 4. The van der Waals surface area contributed by atoms with E-state index >= 15 is 0 Å². The topological polar surface area (TPSA) is 297 Å². The van der Waals surface area contributed by atoms with Crippen molar-refractivity contribution in [3.05, 3.63) is 59.2 Å². The zero-order valence-corrected chi connectivity index (χ0v) is 38.7. The average Bonchev–Trinajstić information content (AvgIpc) is 3.18. The predicted octanol–water partition coefficient (Wildman–Crippen LogP) is 5.89. The summed E-state index contributed by atoms with van der Waals surface area (Å²) in [6.07, 6.45) is 5.75. The van der Waals surface area contributed by atoms with Crippen molar-refractivity contribution >= 4 is 81.8 Å². The molecule has 0 saturated carbocycles. The number of aliphatic imine (C=N–C) groups is 2. The molecule has 0 unspecified atom stereocenters. The molecule has 0 saturated heterocycles. The lowest BCUT2D eigenvalue weighted by atomic mass is 9.86. The van der Waals surface area contributed by atoms with Crippen LogP contribution in [0, 0.1) is 0 Å². The van der Waals surface area contributed by atoms with Gasteiger partial charge in [0.25, 0.3) is 11.8 Å². The number of hydrogen-bond acceptors (Lipinski definition) is 11. The Kier molecular flexibility index (Phi) is 20.0. The van der Waals surface area contributed by atoms with Gasteiger partial charge < -0.3 is 49.9 Å². The van der Waals surface area contributed by atoms with Gasteiger partial charge in [0, 0.05) is 30.4 Å². The number of nitrogens with one attached hydrogen (secondary N) is 4. The summed E-state index contributed by atoms with van der Waals surface area (Å²) >= 11 is 2.74. The minimum Gasteiger partial charge on any atom is -0.370 e. The third-order valence-corrected chi connectivity index (χ3v) is 11.4. The van der Waals surface area contributed by atoms with Crippen LogP contribution in [-0.4, -0.2) is 76.7 Å². The molecule has 3 rings (SSSR count).